The largest absolute Gasteiger partial charge is 0.482 e. The van der Waals surface area contributed by atoms with Crippen LogP contribution in [-0.2, 0) is 55.1 Å². The third-order valence-electron chi connectivity index (χ3n) is 23.2. The van der Waals surface area contributed by atoms with Crippen LogP contribution in [0.25, 0.3) is 17.0 Å². The summed E-state index contributed by atoms with van der Waals surface area (Å²) in [5, 5.41) is 32.8. The Bertz CT molecular complexity index is 3910. The molecule has 1 aromatic heterocycles. The number of hydrogen-bond acceptors (Lipinski definition) is 11. The van der Waals surface area contributed by atoms with Crippen LogP contribution in [0.4, 0.5) is 0 Å². The SMILES string of the molecule is COC[C@@H](CCO)c1c(CO)c2ccc3c(c2oc1=O)[C@H]1OC(=O)C[C@@H]2C[C@@H](c4cccc5c4CC[C@@H]4CCC[C@H]6CCc7ccccc7[C@]564)C=C[C@H]2c2ccc(cc2)CC/C(=C(\C)CO)C(=O)O[C@@H]1[C@@]1(CC=C[C@H]2[C@H]4C=Cc5ccccc5[C@H]4C[C@H]21)O3. The van der Waals surface area contributed by atoms with Crippen molar-refractivity contribution in [2.45, 2.75) is 150 Å². The van der Waals surface area contributed by atoms with Gasteiger partial charge in [-0.3, -0.25) is 4.79 Å². The number of esters is 2. The van der Waals surface area contributed by atoms with Gasteiger partial charge in [0.2, 0.25) is 0 Å². The Hall–Kier alpha value is -7.15. The summed E-state index contributed by atoms with van der Waals surface area (Å²) >= 11 is 0. The summed E-state index contributed by atoms with van der Waals surface area (Å²) in [6, 6.07) is 37.1. The molecule has 3 aliphatic heterocycles. The van der Waals surface area contributed by atoms with Crippen LogP contribution in [0.1, 0.15) is 174 Å². The van der Waals surface area contributed by atoms with E-state index in [1.165, 1.54) is 66.2 Å². The van der Waals surface area contributed by atoms with Crippen LogP contribution in [0.15, 0.2) is 154 Å². The van der Waals surface area contributed by atoms with Crippen LogP contribution in [0.5, 0.6) is 5.75 Å². The molecule has 0 saturated heterocycles. The number of aryl methyl sites for hydroxylation is 2. The minimum absolute atomic E-state index is 0.0183. The molecule has 2 spiro atoms. The number of allylic oxidation sites excluding steroid dienone is 4. The van der Waals surface area contributed by atoms with Crippen molar-refractivity contribution < 1.29 is 48.3 Å². The normalized spacial score (nSPS) is 31.7. The standard InChI is InChI=1S/C77H80O11/c1-44(41-79)54-29-21-45-19-22-47(23-20-45)55-30-26-49(57-15-8-18-65-60(57)32-28-53-13-7-12-52-27-24-48-11-4-6-17-64(48)77(52,53)65)38-51(55)39-68(81)85-72-70-67(34-33-61-63(42-80)69(75(83)86-71(61)70)50(35-37-78)43-84-2)88-76(73(72)87-74(54)82)36-9-16-59-58-31-25-46-10-3-5-14-56(46)62(58)40-66(59)76/h3-6,8-11,14-20,22-23,25-26,30-31,33-34,49-53,55,58-59,62,66,72-73,78-80H,7,12-13,21,24,27-29,32,35-43H2,1-2H3/b54-44-/t49-,50+,51-,52-,53-,55-,58+,59-,62+,66+,72+,73-,76-,77-/m0/s1. The molecule has 454 valence electrons. The summed E-state index contributed by atoms with van der Waals surface area (Å²) in [5.74, 6) is -0.679. The molecule has 11 nitrogen and oxygen atoms in total. The number of methoxy groups -OCH3 is 1. The third kappa shape index (κ3) is 9.12. The molecule has 5 aromatic carbocycles. The van der Waals surface area contributed by atoms with Gasteiger partial charge in [0.1, 0.15) is 11.3 Å². The molecule has 0 unspecified atom stereocenters. The van der Waals surface area contributed by atoms with Crippen molar-refractivity contribution >= 4 is 29.0 Å². The number of aliphatic hydroxyl groups is 3. The molecule has 2 bridgehead atoms. The van der Waals surface area contributed by atoms with Gasteiger partial charge in [0.15, 0.2) is 17.8 Å². The van der Waals surface area contributed by atoms with Gasteiger partial charge >= 0.3 is 17.6 Å². The lowest BCUT2D eigenvalue weighted by molar-refractivity contribution is -0.205. The monoisotopic (exact) mass is 1180 g/mol. The molecule has 14 atom stereocenters. The number of ether oxygens (including phenoxy) is 4. The lowest BCUT2D eigenvalue weighted by atomic mass is 9.46. The molecule has 0 amide bonds. The fourth-order valence-corrected chi connectivity index (χ4v) is 19.4. The van der Waals surface area contributed by atoms with Gasteiger partial charge < -0.3 is 38.7 Å². The Morgan fingerprint density at radius 1 is 0.761 bits per heavy atom. The predicted molar refractivity (Wildman–Crippen MR) is 337 cm³/mol. The van der Waals surface area contributed by atoms with Gasteiger partial charge in [-0.25, -0.2) is 9.59 Å². The van der Waals surface area contributed by atoms with Gasteiger partial charge in [0.25, 0.3) is 0 Å². The molecule has 2 fully saturated rings. The van der Waals surface area contributed by atoms with Crippen LogP contribution < -0.4 is 10.4 Å². The van der Waals surface area contributed by atoms with Crippen LogP contribution in [0.2, 0.25) is 0 Å². The van der Waals surface area contributed by atoms with E-state index in [0.29, 0.717) is 65.4 Å². The number of hydrogen-bond donors (Lipinski definition) is 3. The van der Waals surface area contributed by atoms with Crippen molar-refractivity contribution in [2.75, 3.05) is 26.9 Å². The molecule has 10 aliphatic rings. The molecule has 88 heavy (non-hydrogen) atoms. The molecule has 2 saturated carbocycles. The van der Waals surface area contributed by atoms with E-state index in [0.717, 1.165) is 30.4 Å². The Morgan fingerprint density at radius 2 is 1.56 bits per heavy atom. The first-order valence-corrected chi connectivity index (χ1v) is 32.7. The van der Waals surface area contributed by atoms with Crippen molar-refractivity contribution in [3.8, 4) is 5.75 Å². The Morgan fingerprint density at radius 3 is 2.38 bits per heavy atom. The summed E-state index contributed by atoms with van der Waals surface area (Å²) in [4.78, 5) is 46.4. The van der Waals surface area contributed by atoms with Gasteiger partial charge in [-0.2, -0.15) is 0 Å². The van der Waals surface area contributed by atoms with Crippen molar-refractivity contribution in [3.63, 3.8) is 0 Å². The first kappa shape index (κ1) is 57.3. The van der Waals surface area contributed by atoms with Gasteiger partial charge in [0, 0.05) is 72.2 Å². The number of aliphatic hydroxyl groups excluding tert-OH is 3. The second kappa shape index (κ2) is 23.0. The van der Waals surface area contributed by atoms with Gasteiger partial charge in [-0.1, -0.05) is 134 Å². The average molecular weight is 1180 g/mol. The van der Waals surface area contributed by atoms with E-state index in [1.54, 1.807) is 18.6 Å². The van der Waals surface area contributed by atoms with E-state index < -0.39 is 47.9 Å². The summed E-state index contributed by atoms with van der Waals surface area (Å²) in [7, 11) is 1.52. The quantitative estimate of drug-likeness (QED) is 0.0576. The maximum Gasteiger partial charge on any atom is 0.340 e. The van der Waals surface area contributed by atoms with E-state index in [1.807, 2.05) is 6.07 Å². The lowest BCUT2D eigenvalue weighted by Crippen LogP contribution is -2.61. The molecular weight excluding hydrogens is 1100 g/mol. The van der Waals surface area contributed by atoms with Gasteiger partial charge in [-0.05, 0) is 186 Å². The third-order valence-corrected chi connectivity index (χ3v) is 23.2. The number of benzene rings is 5. The maximum absolute atomic E-state index is 16.0. The number of fused-ring (bicyclic) bond motifs is 19. The van der Waals surface area contributed by atoms with Crippen LogP contribution in [-0.4, -0.2) is 65.9 Å². The van der Waals surface area contributed by atoms with E-state index in [2.05, 4.69) is 127 Å². The average Bonchev–Trinajstić information content (AvgIpc) is 0.986. The minimum atomic E-state index is -1.38. The van der Waals surface area contributed by atoms with E-state index in [4.69, 9.17) is 23.4 Å². The topological polar surface area (TPSA) is 162 Å². The molecule has 16 rings (SSSR count). The van der Waals surface area contributed by atoms with E-state index >= 15 is 9.59 Å². The van der Waals surface area contributed by atoms with E-state index in [9.17, 15) is 20.1 Å². The zero-order chi connectivity index (χ0) is 60.0. The fraction of sp³-hybridized carbons (Fsp3) is 0.442. The summed E-state index contributed by atoms with van der Waals surface area (Å²) < 4.78 is 34.1. The van der Waals surface area contributed by atoms with Gasteiger partial charge in [0.05, 0.1) is 25.4 Å². The molecule has 3 N–H and O–H groups in total. The van der Waals surface area contributed by atoms with Crippen LogP contribution in [0, 0.1) is 35.5 Å². The smallest absolute Gasteiger partial charge is 0.340 e. The Labute approximate surface area is 515 Å². The highest BCUT2D eigenvalue weighted by Gasteiger charge is 2.65. The van der Waals surface area contributed by atoms with Crippen molar-refractivity contribution in [1.82, 2.24) is 0 Å². The predicted octanol–water partition coefficient (Wildman–Crippen LogP) is 13.4. The highest BCUT2D eigenvalue weighted by molar-refractivity contribution is 5.91. The number of carbonyl (C=O) groups excluding carboxylic acids is 2. The highest BCUT2D eigenvalue weighted by Crippen LogP contribution is 2.64. The lowest BCUT2D eigenvalue weighted by Gasteiger charge is -2.57. The fourth-order valence-electron chi connectivity index (χ4n) is 19.4. The maximum atomic E-state index is 16.0. The molecular formula is C77H80O11. The minimum Gasteiger partial charge on any atom is -0.482 e. The first-order valence-electron chi connectivity index (χ1n) is 32.7. The van der Waals surface area contributed by atoms with Crippen molar-refractivity contribution in [2.24, 2.45) is 35.5 Å². The van der Waals surface area contributed by atoms with Crippen molar-refractivity contribution in [3.05, 3.63) is 222 Å². The highest BCUT2D eigenvalue weighted by atomic mass is 16.6. The van der Waals surface area contributed by atoms with E-state index in [-0.39, 0.29) is 103 Å². The second-order valence-electron chi connectivity index (χ2n) is 27.2. The van der Waals surface area contributed by atoms with Gasteiger partial charge in [-0.15, -0.1) is 0 Å². The van der Waals surface area contributed by atoms with Crippen LogP contribution >= 0.6 is 0 Å². The Balaban J connectivity index is 0.885. The number of carbonyl (C=O) groups is 2. The summed E-state index contributed by atoms with van der Waals surface area (Å²) in [6.45, 7) is 0.680. The zero-order valence-electron chi connectivity index (χ0n) is 50.5. The second-order valence-corrected chi connectivity index (χ2v) is 27.2. The Kier molecular flexibility index (Phi) is 15.0. The first-order chi connectivity index (χ1) is 43.1. The number of rotatable bonds is 8. The van der Waals surface area contributed by atoms with Crippen LogP contribution in [0.3, 0.4) is 0 Å². The molecule has 4 heterocycles. The zero-order valence-corrected chi connectivity index (χ0v) is 50.5. The molecule has 6 aromatic rings. The molecule has 11 heteroatoms. The summed E-state index contributed by atoms with van der Waals surface area (Å²) in [5.41, 5.74) is 11.4. The molecule has 0 radical (unpaired) electrons. The van der Waals surface area contributed by atoms with Crippen molar-refractivity contribution in [1.29, 1.82) is 0 Å². The summed E-state index contributed by atoms with van der Waals surface area (Å²) in [6.07, 6.45) is 22.0. The molecule has 7 aliphatic carbocycles.